The number of ether oxygens (including phenoxy) is 1. The highest BCUT2D eigenvalue weighted by molar-refractivity contribution is 9.10. The zero-order valence-corrected chi connectivity index (χ0v) is 16.0. The summed E-state index contributed by atoms with van der Waals surface area (Å²) in [6.07, 6.45) is 1.73. The Hall–Kier alpha value is -3.12. The maximum Gasteiger partial charge on any atom is 0.222 e. The van der Waals surface area contributed by atoms with Crippen molar-refractivity contribution in [2.24, 2.45) is 5.10 Å². The van der Waals surface area contributed by atoms with Gasteiger partial charge in [-0.1, -0.05) is 52.3 Å². The second-order valence-corrected chi connectivity index (χ2v) is 6.84. The van der Waals surface area contributed by atoms with E-state index in [1.165, 1.54) is 0 Å². The average Bonchev–Trinajstić information content (AvgIpc) is 3.11. The number of anilines is 1. The minimum atomic E-state index is 0.495. The first-order valence-corrected chi connectivity index (χ1v) is 9.27. The zero-order chi connectivity index (χ0) is 18.5. The fraction of sp³-hybridized carbons (Fsp3) is 0.0476. The number of aromatic amines is 1. The van der Waals surface area contributed by atoms with Crippen LogP contribution in [0.5, 0.6) is 5.75 Å². The number of H-pyrrole nitrogens is 1. The van der Waals surface area contributed by atoms with E-state index < -0.39 is 0 Å². The van der Waals surface area contributed by atoms with Crippen LogP contribution in [-0.4, -0.2) is 16.2 Å². The molecule has 2 N–H and O–H groups in total. The van der Waals surface area contributed by atoms with E-state index in [1.54, 1.807) is 6.21 Å². The van der Waals surface area contributed by atoms with Gasteiger partial charge in [0.05, 0.1) is 17.2 Å². The molecule has 134 valence electrons. The molecule has 0 aliphatic rings. The van der Waals surface area contributed by atoms with Crippen molar-refractivity contribution >= 4 is 39.1 Å². The Morgan fingerprint density at radius 1 is 1.00 bits per heavy atom. The minimum absolute atomic E-state index is 0.495. The second kappa shape index (κ2) is 8.05. The molecule has 0 spiro atoms. The van der Waals surface area contributed by atoms with Crippen molar-refractivity contribution in [3.63, 3.8) is 0 Å². The van der Waals surface area contributed by atoms with Crippen LogP contribution in [0.4, 0.5) is 5.95 Å². The molecule has 0 saturated carbocycles. The Morgan fingerprint density at radius 2 is 1.78 bits per heavy atom. The number of fused-ring (bicyclic) bond motifs is 1. The lowest BCUT2D eigenvalue weighted by Crippen LogP contribution is -1.99. The number of hydrogen-bond acceptors (Lipinski definition) is 4. The van der Waals surface area contributed by atoms with Gasteiger partial charge in [-0.05, 0) is 42.0 Å². The molecule has 0 atom stereocenters. The van der Waals surface area contributed by atoms with Crippen molar-refractivity contribution in [2.45, 2.75) is 6.61 Å². The van der Waals surface area contributed by atoms with Gasteiger partial charge in [-0.2, -0.15) is 5.10 Å². The van der Waals surface area contributed by atoms with Crippen molar-refractivity contribution in [1.82, 2.24) is 9.97 Å². The number of hydrogen-bond donors (Lipinski definition) is 2. The molecule has 0 fully saturated rings. The van der Waals surface area contributed by atoms with E-state index in [-0.39, 0.29) is 0 Å². The SMILES string of the molecule is Brc1ccc(COc2ccccc2/C=N/Nc2nc3ccccc3[nH]2)cc1. The molecule has 0 aliphatic carbocycles. The molecule has 1 aromatic heterocycles. The Balaban J connectivity index is 1.43. The number of rotatable bonds is 6. The lowest BCUT2D eigenvalue weighted by Gasteiger charge is -2.09. The van der Waals surface area contributed by atoms with Gasteiger partial charge in [0.1, 0.15) is 12.4 Å². The monoisotopic (exact) mass is 420 g/mol. The average molecular weight is 421 g/mol. The highest BCUT2D eigenvalue weighted by atomic mass is 79.9. The maximum absolute atomic E-state index is 5.96. The second-order valence-electron chi connectivity index (χ2n) is 5.93. The van der Waals surface area contributed by atoms with E-state index >= 15 is 0 Å². The molecule has 4 rings (SSSR count). The van der Waals surface area contributed by atoms with E-state index in [1.807, 2.05) is 72.8 Å². The van der Waals surface area contributed by atoms with Crippen LogP contribution >= 0.6 is 15.9 Å². The van der Waals surface area contributed by atoms with E-state index in [2.05, 4.69) is 36.4 Å². The smallest absolute Gasteiger partial charge is 0.222 e. The molecular formula is C21H17BrN4O. The molecule has 3 aromatic carbocycles. The van der Waals surface area contributed by atoms with E-state index in [0.717, 1.165) is 32.4 Å². The Bertz CT molecular complexity index is 1040. The number of nitrogens with zero attached hydrogens (tertiary/aromatic N) is 2. The van der Waals surface area contributed by atoms with Gasteiger partial charge in [0.2, 0.25) is 5.95 Å². The summed E-state index contributed by atoms with van der Waals surface area (Å²) in [6.45, 7) is 0.495. The summed E-state index contributed by atoms with van der Waals surface area (Å²) in [5.74, 6) is 1.37. The van der Waals surface area contributed by atoms with Gasteiger partial charge in [-0.3, -0.25) is 0 Å². The minimum Gasteiger partial charge on any atom is -0.488 e. The van der Waals surface area contributed by atoms with Gasteiger partial charge in [0.25, 0.3) is 0 Å². The van der Waals surface area contributed by atoms with Crippen molar-refractivity contribution in [1.29, 1.82) is 0 Å². The number of aromatic nitrogens is 2. The number of halogens is 1. The zero-order valence-electron chi connectivity index (χ0n) is 14.4. The summed E-state index contributed by atoms with van der Waals surface area (Å²) in [4.78, 5) is 7.61. The molecule has 6 heteroatoms. The Kier molecular flexibility index (Phi) is 5.16. The van der Waals surface area contributed by atoms with E-state index in [0.29, 0.717) is 12.6 Å². The molecule has 0 amide bonds. The first-order valence-electron chi connectivity index (χ1n) is 8.48. The highest BCUT2D eigenvalue weighted by Crippen LogP contribution is 2.19. The highest BCUT2D eigenvalue weighted by Gasteiger charge is 2.03. The summed E-state index contributed by atoms with van der Waals surface area (Å²) >= 11 is 3.44. The van der Waals surface area contributed by atoms with Gasteiger partial charge in [0.15, 0.2) is 0 Å². The maximum atomic E-state index is 5.96. The largest absolute Gasteiger partial charge is 0.488 e. The summed E-state index contributed by atoms with van der Waals surface area (Å²) in [6, 6.07) is 23.7. The number of benzene rings is 3. The van der Waals surface area contributed by atoms with Crippen LogP contribution in [0.15, 0.2) is 82.4 Å². The molecule has 27 heavy (non-hydrogen) atoms. The molecule has 4 aromatic rings. The van der Waals surface area contributed by atoms with Crippen LogP contribution in [0.3, 0.4) is 0 Å². The molecule has 0 radical (unpaired) electrons. The van der Waals surface area contributed by atoms with Crippen molar-refractivity contribution in [2.75, 3.05) is 5.43 Å². The van der Waals surface area contributed by atoms with Gasteiger partial charge in [-0.15, -0.1) is 0 Å². The summed E-state index contributed by atoms with van der Waals surface area (Å²) in [5.41, 5.74) is 6.78. The van der Waals surface area contributed by atoms with Crippen LogP contribution in [0.2, 0.25) is 0 Å². The van der Waals surface area contributed by atoms with Crippen molar-refractivity contribution in [3.05, 3.63) is 88.4 Å². The van der Waals surface area contributed by atoms with Crippen LogP contribution < -0.4 is 10.2 Å². The predicted molar refractivity (Wildman–Crippen MR) is 112 cm³/mol. The summed E-state index contributed by atoms with van der Waals surface area (Å²) in [7, 11) is 0. The van der Waals surface area contributed by atoms with E-state index in [9.17, 15) is 0 Å². The third kappa shape index (κ3) is 4.35. The van der Waals surface area contributed by atoms with Gasteiger partial charge in [0, 0.05) is 10.0 Å². The third-order valence-electron chi connectivity index (χ3n) is 3.99. The van der Waals surface area contributed by atoms with Crippen LogP contribution in [0, 0.1) is 0 Å². The first-order chi connectivity index (χ1) is 13.3. The topological polar surface area (TPSA) is 62.3 Å². The molecule has 0 unspecified atom stereocenters. The number of nitrogens with one attached hydrogen (secondary N) is 2. The van der Waals surface area contributed by atoms with Crippen LogP contribution in [0.25, 0.3) is 11.0 Å². The summed E-state index contributed by atoms with van der Waals surface area (Å²) < 4.78 is 7.01. The Morgan fingerprint density at radius 3 is 2.63 bits per heavy atom. The Labute approximate surface area is 165 Å². The lowest BCUT2D eigenvalue weighted by molar-refractivity contribution is 0.306. The first kappa shape index (κ1) is 17.3. The summed E-state index contributed by atoms with van der Waals surface area (Å²) in [5, 5.41) is 4.28. The molecule has 0 bridgehead atoms. The number of hydrazone groups is 1. The van der Waals surface area contributed by atoms with Crippen molar-refractivity contribution < 1.29 is 4.74 Å². The van der Waals surface area contributed by atoms with Gasteiger partial charge < -0.3 is 9.72 Å². The normalized spacial score (nSPS) is 11.1. The van der Waals surface area contributed by atoms with Crippen LogP contribution in [0.1, 0.15) is 11.1 Å². The fourth-order valence-electron chi connectivity index (χ4n) is 2.63. The van der Waals surface area contributed by atoms with E-state index in [4.69, 9.17) is 4.74 Å². The molecule has 1 heterocycles. The molecule has 0 saturated heterocycles. The standard InChI is InChI=1S/C21H17BrN4O/c22-17-11-9-15(10-12-17)14-27-20-8-4-1-5-16(20)13-23-26-21-24-18-6-2-3-7-19(18)25-21/h1-13H,14H2,(H2,24,25,26)/b23-13+. The molecule has 0 aliphatic heterocycles. The van der Waals surface area contributed by atoms with Gasteiger partial charge >= 0.3 is 0 Å². The third-order valence-corrected chi connectivity index (χ3v) is 4.52. The van der Waals surface area contributed by atoms with Crippen LogP contribution in [-0.2, 0) is 6.61 Å². The number of imidazole rings is 1. The van der Waals surface area contributed by atoms with Gasteiger partial charge in [-0.25, -0.2) is 10.4 Å². The molecular weight excluding hydrogens is 404 g/mol. The number of para-hydroxylation sites is 3. The fourth-order valence-corrected chi connectivity index (χ4v) is 2.89. The molecule has 5 nitrogen and oxygen atoms in total. The quantitative estimate of drug-likeness (QED) is 0.326. The van der Waals surface area contributed by atoms with Crippen molar-refractivity contribution in [3.8, 4) is 5.75 Å². The lowest BCUT2D eigenvalue weighted by atomic mass is 10.2. The predicted octanol–water partition coefficient (Wildman–Crippen LogP) is 5.35.